The smallest absolute Gasteiger partial charge is 0.269 e. The molecular weight excluding hydrogens is 226 g/mol. The average Bonchev–Trinajstić information content (AvgIpc) is 2.41. The predicted octanol–water partition coefficient (Wildman–Crippen LogP) is 1.79. The van der Waals surface area contributed by atoms with Crippen molar-refractivity contribution in [3.8, 4) is 0 Å². The van der Waals surface area contributed by atoms with Crippen LogP contribution in [0, 0.1) is 0 Å². The van der Waals surface area contributed by atoms with Crippen molar-refractivity contribution in [1.82, 2.24) is 14.9 Å². The number of fused-ring (bicyclic) bond motifs is 1. The number of hydrogen-bond donors (Lipinski definition) is 1. The monoisotopic (exact) mass is 245 g/mol. The van der Waals surface area contributed by atoms with Gasteiger partial charge in [0.1, 0.15) is 0 Å². The molecule has 0 amide bonds. The topological polar surface area (TPSA) is 46.9 Å². The maximum atomic E-state index is 11.8. The molecule has 0 aliphatic rings. The Bertz CT molecular complexity index is 562. The van der Waals surface area contributed by atoms with E-state index in [1.54, 1.807) is 4.57 Å². The van der Waals surface area contributed by atoms with E-state index in [9.17, 15) is 4.79 Å². The Morgan fingerprint density at radius 2 is 2.11 bits per heavy atom. The van der Waals surface area contributed by atoms with Gasteiger partial charge < -0.3 is 9.88 Å². The van der Waals surface area contributed by atoms with Crippen LogP contribution in [0.2, 0.25) is 0 Å². The van der Waals surface area contributed by atoms with Crippen molar-refractivity contribution in [2.24, 2.45) is 0 Å². The van der Waals surface area contributed by atoms with E-state index >= 15 is 0 Å². The third kappa shape index (κ3) is 2.96. The summed E-state index contributed by atoms with van der Waals surface area (Å²) in [5, 5.41) is 3.34. The predicted molar refractivity (Wildman–Crippen MR) is 73.8 cm³/mol. The molecule has 0 saturated heterocycles. The van der Waals surface area contributed by atoms with Gasteiger partial charge in [-0.1, -0.05) is 19.1 Å². The van der Waals surface area contributed by atoms with Gasteiger partial charge in [0.05, 0.1) is 17.2 Å². The van der Waals surface area contributed by atoms with Crippen molar-refractivity contribution in [1.29, 1.82) is 0 Å². The van der Waals surface area contributed by atoms with Crippen LogP contribution >= 0.6 is 0 Å². The second-order valence-electron chi connectivity index (χ2n) is 4.34. The number of benzene rings is 1. The highest BCUT2D eigenvalue weighted by atomic mass is 16.1. The highest BCUT2D eigenvalue weighted by molar-refractivity contribution is 5.74. The molecule has 0 atom stereocenters. The standard InChI is InChI=1S/C14H19N3O/c1-2-8-15-9-5-10-17-13-7-4-3-6-12(13)16-11-14(17)18/h3-4,6-7,11,15H,2,5,8-10H2,1H3. The van der Waals surface area contributed by atoms with E-state index in [0.717, 1.165) is 43.5 Å². The van der Waals surface area contributed by atoms with Gasteiger partial charge in [-0.15, -0.1) is 0 Å². The van der Waals surface area contributed by atoms with Crippen molar-refractivity contribution in [2.75, 3.05) is 13.1 Å². The van der Waals surface area contributed by atoms with Crippen molar-refractivity contribution >= 4 is 11.0 Å². The van der Waals surface area contributed by atoms with Crippen LogP contribution in [0.25, 0.3) is 11.0 Å². The van der Waals surface area contributed by atoms with Crippen LogP contribution in [0.1, 0.15) is 19.8 Å². The average molecular weight is 245 g/mol. The van der Waals surface area contributed by atoms with Crippen LogP contribution < -0.4 is 10.9 Å². The summed E-state index contributed by atoms with van der Waals surface area (Å²) >= 11 is 0. The fourth-order valence-electron chi connectivity index (χ4n) is 2.01. The lowest BCUT2D eigenvalue weighted by atomic mass is 10.3. The van der Waals surface area contributed by atoms with E-state index in [1.807, 2.05) is 24.3 Å². The van der Waals surface area contributed by atoms with Gasteiger partial charge in [0.25, 0.3) is 5.56 Å². The van der Waals surface area contributed by atoms with Gasteiger partial charge in [-0.3, -0.25) is 4.79 Å². The lowest BCUT2D eigenvalue weighted by Crippen LogP contribution is -2.23. The summed E-state index contributed by atoms with van der Waals surface area (Å²) in [5.41, 5.74) is 1.77. The van der Waals surface area contributed by atoms with Crippen LogP contribution in [0.3, 0.4) is 0 Å². The molecule has 1 N–H and O–H groups in total. The molecule has 4 nitrogen and oxygen atoms in total. The number of nitrogens with zero attached hydrogens (tertiary/aromatic N) is 2. The van der Waals surface area contributed by atoms with E-state index in [-0.39, 0.29) is 5.56 Å². The molecular formula is C14H19N3O. The molecule has 0 aliphatic heterocycles. The zero-order valence-electron chi connectivity index (χ0n) is 10.7. The molecule has 0 fully saturated rings. The summed E-state index contributed by atoms with van der Waals surface area (Å²) in [6.07, 6.45) is 3.49. The first-order valence-electron chi connectivity index (χ1n) is 6.48. The summed E-state index contributed by atoms with van der Waals surface area (Å²) in [6, 6.07) is 7.76. The van der Waals surface area contributed by atoms with Crippen LogP contribution in [0.15, 0.2) is 35.3 Å². The largest absolute Gasteiger partial charge is 0.317 e. The minimum atomic E-state index is -0.0239. The zero-order valence-corrected chi connectivity index (χ0v) is 10.7. The summed E-state index contributed by atoms with van der Waals surface area (Å²) in [6.45, 7) is 4.86. The van der Waals surface area contributed by atoms with Crippen LogP contribution in [-0.4, -0.2) is 22.6 Å². The maximum absolute atomic E-state index is 11.8. The Balaban J connectivity index is 2.12. The van der Waals surface area contributed by atoms with Crippen molar-refractivity contribution in [3.63, 3.8) is 0 Å². The fraction of sp³-hybridized carbons (Fsp3) is 0.429. The SMILES string of the molecule is CCCNCCCn1c(=O)cnc2ccccc21. The Labute approximate surface area is 107 Å². The van der Waals surface area contributed by atoms with Crippen LogP contribution in [0.4, 0.5) is 0 Å². The van der Waals surface area contributed by atoms with Gasteiger partial charge >= 0.3 is 0 Å². The summed E-state index contributed by atoms with van der Waals surface area (Å²) in [4.78, 5) is 16.0. The first kappa shape index (κ1) is 12.8. The fourth-order valence-corrected chi connectivity index (χ4v) is 2.01. The summed E-state index contributed by atoms with van der Waals surface area (Å²) < 4.78 is 1.80. The molecule has 0 unspecified atom stereocenters. The molecule has 96 valence electrons. The maximum Gasteiger partial charge on any atom is 0.269 e. The van der Waals surface area contributed by atoms with E-state index in [0.29, 0.717) is 0 Å². The highest BCUT2D eigenvalue weighted by Crippen LogP contribution is 2.08. The molecule has 1 aromatic heterocycles. The quantitative estimate of drug-likeness (QED) is 0.789. The number of rotatable bonds is 6. The molecule has 0 radical (unpaired) electrons. The summed E-state index contributed by atoms with van der Waals surface area (Å²) in [7, 11) is 0. The molecule has 2 aromatic rings. The van der Waals surface area contributed by atoms with E-state index in [1.165, 1.54) is 6.20 Å². The van der Waals surface area contributed by atoms with Crippen LogP contribution in [0.5, 0.6) is 0 Å². The lowest BCUT2D eigenvalue weighted by Gasteiger charge is -2.09. The first-order chi connectivity index (χ1) is 8.83. The van der Waals surface area contributed by atoms with Gasteiger partial charge in [0.15, 0.2) is 0 Å². The molecule has 0 spiro atoms. The third-order valence-electron chi connectivity index (χ3n) is 2.91. The van der Waals surface area contributed by atoms with Crippen molar-refractivity contribution in [2.45, 2.75) is 26.3 Å². The van der Waals surface area contributed by atoms with Gasteiger partial charge in [-0.25, -0.2) is 4.98 Å². The number of aryl methyl sites for hydroxylation is 1. The second kappa shape index (κ2) is 6.31. The van der Waals surface area contributed by atoms with Crippen LogP contribution in [-0.2, 0) is 6.54 Å². The number of nitrogens with one attached hydrogen (secondary N) is 1. The molecule has 2 rings (SSSR count). The number of aromatic nitrogens is 2. The highest BCUT2D eigenvalue weighted by Gasteiger charge is 2.02. The molecule has 1 aromatic carbocycles. The third-order valence-corrected chi connectivity index (χ3v) is 2.91. The molecule has 0 bridgehead atoms. The van der Waals surface area contributed by atoms with Gasteiger partial charge in [0, 0.05) is 6.54 Å². The number of para-hydroxylation sites is 2. The van der Waals surface area contributed by atoms with Crippen molar-refractivity contribution < 1.29 is 0 Å². The molecule has 4 heteroatoms. The van der Waals surface area contributed by atoms with E-state index < -0.39 is 0 Å². The van der Waals surface area contributed by atoms with E-state index in [4.69, 9.17) is 0 Å². The zero-order chi connectivity index (χ0) is 12.8. The Kier molecular flexibility index (Phi) is 4.47. The normalized spacial score (nSPS) is 10.9. The van der Waals surface area contributed by atoms with E-state index in [2.05, 4.69) is 17.2 Å². The number of hydrogen-bond acceptors (Lipinski definition) is 3. The summed E-state index contributed by atoms with van der Waals surface area (Å²) in [5.74, 6) is 0. The molecule has 18 heavy (non-hydrogen) atoms. The lowest BCUT2D eigenvalue weighted by molar-refractivity contribution is 0.577. The van der Waals surface area contributed by atoms with Gasteiger partial charge in [-0.05, 0) is 38.1 Å². The Morgan fingerprint density at radius 3 is 2.94 bits per heavy atom. The molecule has 0 aliphatic carbocycles. The molecule has 0 saturated carbocycles. The van der Waals surface area contributed by atoms with Crippen molar-refractivity contribution in [3.05, 3.63) is 40.8 Å². The Hall–Kier alpha value is -1.68. The minimum Gasteiger partial charge on any atom is -0.317 e. The van der Waals surface area contributed by atoms with Gasteiger partial charge in [-0.2, -0.15) is 0 Å². The Morgan fingerprint density at radius 1 is 1.28 bits per heavy atom. The van der Waals surface area contributed by atoms with Gasteiger partial charge in [0.2, 0.25) is 0 Å². The second-order valence-corrected chi connectivity index (χ2v) is 4.34. The minimum absolute atomic E-state index is 0.0239. The first-order valence-corrected chi connectivity index (χ1v) is 6.48. The molecule has 1 heterocycles.